The van der Waals surface area contributed by atoms with Crippen LogP contribution in [0.5, 0.6) is 0 Å². The van der Waals surface area contributed by atoms with Crippen molar-refractivity contribution in [1.29, 1.82) is 0 Å². The van der Waals surface area contributed by atoms with Gasteiger partial charge in [-0.3, -0.25) is 4.79 Å². The van der Waals surface area contributed by atoms with Gasteiger partial charge in [-0.05, 0) is 41.5 Å². The van der Waals surface area contributed by atoms with Crippen LogP contribution in [0, 0.1) is 5.82 Å². The van der Waals surface area contributed by atoms with Crippen molar-refractivity contribution in [2.75, 3.05) is 0 Å². The van der Waals surface area contributed by atoms with E-state index in [2.05, 4.69) is 10.3 Å². The normalized spacial score (nSPS) is 12.3. The van der Waals surface area contributed by atoms with Crippen LogP contribution in [0.15, 0.2) is 67.0 Å². The summed E-state index contributed by atoms with van der Waals surface area (Å²) in [6, 6.07) is 12.7. The first kappa shape index (κ1) is 17.9. The van der Waals surface area contributed by atoms with Crippen molar-refractivity contribution < 1.29 is 9.18 Å². The maximum absolute atomic E-state index is 13.2. The lowest BCUT2D eigenvalue weighted by Crippen LogP contribution is -2.29. The lowest BCUT2D eigenvalue weighted by molar-refractivity contribution is -0.117. The minimum absolute atomic E-state index is 0.290. The van der Waals surface area contributed by atoms with Crippen LogP contribution in [-0.4, -0.2) is 15.5 Å². The maximum Gasteiger partial charge on any atom is 0.244 e. The van der Waals surface area contributed by atoms with Crippen LogP contribution in [0.4, 0.5) is 4.39 Å². The molecule has 0 saturated heterocycles. The molecule has 1 N–H and O–H groups in total. The first-order valence-corrected chi connectivity index (χ1v) is 8.37. The second-order valence-electron chi connectivity index (χ2n) is 5.78. The summed E-state index contributed by atoms with van der Waals surface area (Å²) in [5.74, 6) is 0.0305. The fraction of sp³-hybridized carbons (Fsp3) is 0.100. The van der Waals surface area contributed by atoms with E-state index in [-0.39, 0.29) is 11.7 Å². The van der Waals surface area contributed by atoms with Crippen molar-refractivity contribution in [2.24, 2.45) is 7.05 Å². The summed E-state index contributed by atoms with van der Waals surface area (Å²) in [5, 5.41) is 3.52. The zero-order valence-corrected chi connectivity index (χ0v) is 14.8. The Labute approximate surface area is 155 Å². The molecule has 0 aliphatic heterocycles. The van der Waals surface area contributed by atoms with Crippen LogP contribution >= 0.6 is 11.6 Å². The van der Waals surface area contributed by atoms with Gasteiger partial charge in [0.2, 0.25) is 5.91 Å². The molecule has 1 atom stereocenters. The molecule has 0 saturated carbocycles. The minimum Gasteiger partial charge on any atom is -0.339 e. The molecule has 26 heavy (non-hydrogen) atoms. The molecule has 0 aliphatic rings. The Morgan fingerprint density at radius 1 is 1.27 bits per heavy atom. The summed E-state index contributed by atoms with van der Waals surface area (Å²) in [4.78, 5) is 16.7. The predicted octanol–water partition coefficient (Wildman–Crippen LogP) is 4.13. The van der Waals surface area contributed by atoms with E-state index in [1.54, 1.807) is 42.7 Å². The quantitative estimate of drug-likeness (QED) is 0.687. The fourth-order valence-electron chi connectivity index (χ4n) is 2.58. The first-order chi connectivity index (χ1) is 12.5. The van der Waals surface area contributed by atoms with Gasteiger partial charge in [0.15, 0.2) is 0 Å². The van der Waals surface area contributed by atoms with E-state index in [0.29, 0.717) is 10.8 Å². The maximum atomic E-state index is 13.2. The van der Waals surface area contributed by atoms with Gasteiger partial charge in [-0.1, -0.05) is 35.9 Å². The molecule has 6 heteroatoms. The summed E-state index contributed by atoms with van der Waals surface area (Å²) < 4.78 is 15.1. The zero-order valence-electron chi connectivity index (χ0n) is 14.1. The van der Waals surface area contributed by atoms with Crippen molar-refractivity contribution >= 4 is 23.6 Å². The molecule has 1 heterocycles. The van der Waals surface area contributed by atoms with Crippen LogP contribution in [0.3, 0.4) is 0 Å². The lowest BCUT2D eigenvalue weighted by Gasteiger charge is -2.18. The number of carbonyl (C=O) groups is 1. The van der Waals surface area contributed by atoms with E-state index >= 15 is 0 Å². The average molecular weight is 370 g/mol. The lowest BCUT2D eigenvalue weighted by atomic mass is 10.1. The Balaban J connectivity index is 1.82. The van der Waals surface area contributed by atoms with E-state index in [9.17, 15) is 9.18 Å². The van der Waals surface area contributed by atoms with Crippen molar-refractivity contribution in [2.45, 2.75) is 6.04 Å². The first-order valence-electron chi connectivity index (χ1n) is 8.00. The molecule has 2 aromatic carbocycles. The van der Waals surface area contributed by atoms with Gasteiger partial charge in [-0.25, -0.2) is 9.37 Å². The topological polar surface area (TPSA) is 46.9 Å². The molecule has 3 aromatic rings. The fourth-order valence-corrected chi connectivity index (χ4v) is 2.78. The van der Waals surface area contributed by atoms with E-state index < -0.39 is 6.04 Å². The molecule has 4 nitrogen and oxygen atoms in total. The van der Waals surface area contributed by atoms with Gasteiger partial charge >= 0.3 is 0 Å². The number of halogens is 2. The highest BCUT2D eigenvalue weighted by Gasteiger charge is 2.19. The SMILES string of the molecule is Cn1ccnc1C(NC(=O)/C=C/c1cccc(Cl)c1)c1ccc(F)cc1. The molecule has 0 bridgehead atoms. The number of amides is 1. The summed E-state index contributed by atoms with van der Waals surface area (Å²) in [5.41, 5.74) is 1.56. The van der Waals surface area contributed by atoms with Gasteiger partial charge < -0.3 is 9.88 Å². The van der Waals surface area contributed by atoms with E-state index in [0.717, 1.165) is 11.1 Å². The molecule has 1 unspecified atom stereocenters. The number of carbonyl (C=O) groups excluding carboxylic acids is 1. The van der Waals surface area contributed by atoms with Crippen LogP contribution in [-0.2, 0) is 11.8 Å². The van der Waals surface area contributed by atoms with Crippen LogP contribution in [0.2, 0.25) is 5.02 Å². The number of aryl methyl sites for hydroxylation is 1. The van der Waals surface area contributed by atoms with Gasteiger partial charge in [-0.15, -0.1) is 0 Å². The smallest absolute Gasteiger partial charge is 0.244 e. The van der Waals surface area contributed by atoms with Crippen molar-refractivity contribution in [1.82, 2.24) is 14.9 Å². The van der Waals surface area contributed by atoms with Gasteiger partial charge in [-0.2, -0.15) is 0 Å². The highest BCUT2D eigenvalue weighted by Crippen LogP contribution is 2.21. The number of aromatic nitrogens is 2. The summed E-state index contributed by atoms with van der Waals surface area (Å²) in [6.07, 6.45) is 6.56. The van der Waals surface area contributed by atoms with E-state index in [4.69, 9.17) is 11.6 Å². The van der Waals surface area contributed by atoms with Crippen LogP contribution < -0.4 is 5.32 Å². The second kappa shape index (κ2) is 7.97. The van der Waals surface area contributed by atoms with Crippen molar-refractivity contribution in [3.05, 3.63) is 94.8 Å². The van der Waals surface area contributed by atoms with E-state index in [1.807, 2.05) is 23.7 Å². The number of hydrogen-bond acceptors (Lipinski definition) is 2. The molecule has 0 aliphatic carbocycles. The molecule has 132 valence electrons. The Morgan fingerprint density at radius 2 is 2.04 bits per heavy atom. The Bertz CT molecular complexity index is 934. The summed E-state index contributed by atoms with van der Waals surface area (Å²) >= 11 is 5.95. The highest BCUT2D eigenvalue weighted by molar-refractivity contribution is 6.30. The van der Waals surface area contributed by atoms with Crippen molar-refractivity contribution in [3.8, 4) is 0 Å². The molecule has 0 fully saturated rings. The molecule has 0 radical (unpaired) electrons. The molecule has 1 amide bonds. The second-order valence-corrected chi connectivity index (χ2v) is 6.21. The number of hydrogen-bond donors (Lipinski definition) is 1. The van der Waals surface area contributed by atoms with Crippen molar-refractivity contribution in [3.63, 3.8) is 0 Å². The summed E-state index contributed by atoms with van der Waals surface area (Å²) in [6.45, 7) is 0. The highest BCUT2D eigenvalue weighted by atomic mass is 35.5. The monoisotopic (exact) mass is 369 g/mol. The standard InChI is InChI=1S/C20H17ClFN3O/c1-25-12-11-23-20(25)19(15-6-8-17(22)9-7-15)24-18(26)10-5-14-3-2-4-16(21)13-14/h2-13,19H,1H3,(H,24,26)/b10-5+. The Morgan fingerprint density at radius 3 is 2.69 bits per heavy atom. The largest absolute Gasteiger partial charge is 0.339 e. The third-order valence-electron chi connectivity index (χ3n) is 3.88. The number of nitrogens with zero attached hydrogens (tertiary/aromatic N) is 2. The van der Waals surface area contributed by atoms with Gasteiger partial charge in [0.25, 0.3) is 0 Å². The molecular weight excluding hydrogens is 353 g/mol. The molecule has 1 aromatic heterocycles. The zero-order chi connectivity index (χ0) is 18.5. The van der Waals surface area contributed by atoms with Gasteiger partial charge in [0.1, 0.15) is 17.7 Å². The Hall–Kier alpha value is -2.92. The summed E-state index contributed by atoms with van der Waals surface area (Å²) in [7, 11) is 1.84. The average Bonchev–Trinajstić information content (AvgIpc) is 3.05. The number of benzene rings is 2. The molecule has 3 rings (SSSR count). The molecule has 0 spiro atoms. The van der Waals surface area contributed by atoms with E-state index in [1.165, 1.54) is 18.2 Å². The third kappa shape index (κ3) is 4.37. The van der Waals surface area contributed by atoms with Crippen LogP contribution in [0.1, 0.15) is 23.0 Å². The van der Waals surface area contributed by atoms with Crippen LogP contribution in [0.25, 0.3) is 6.08 Å². The molecular formula is C20H17ClFN3O. The third-order valence-corrected chi connectivity index (χ3v) is 4.12. The predicted molar refractivity (Wildman–Crippen MR) is 100 cm³/mol. The van der Waals surface area contributed by atoms with Gasteiger partial charge in [0, 0.05) is 30.5 Å². The Kier molecular flexibility index (Phi) is 5.49. The number of nitrogens with one attached hydrogen (secondary N) is 1. The van der Waals surface area contributed by atoms with Gasteiger partial charge in [0.05, 0.1) is 0 Å². The number of imidazole rings is 1. The number of rotatable bonds is 5. The minimum atomic E-state index is -0.493.